The molecule has 14 heavy (non-hydrogen) atoms. The van der Waals surface area contributed by atoms with Crippen molar-refractivity contribution in [3.63, 3.8) is 0 Å². The number of hydrogen-bond acceptors (Lipinski definition) is 4. The lowest BCUT2D eigenvalue weighted by Gasteiger charge is -1.87. The number of nitrogens with one attached hydrogen (secondary N) is 1. The molecule has 1 N–H and O–H groups in total. The number of H-pyrrole nitrogens is 1. The highest BCUT2D eigenvalue weighted by Gasteiger charge is 2.27. The first kappa shape index (κ1) is 7.73. The molecule has 0 radical (unpaired) electrons. The molecule has 0 saturated heterocycles. The summed E-state index contributed by atoms with van der Waals surface area (Å²) in [4.78, 5) is 8.38. The van der Waals surface area contributed by atoms with Crippen LogP contribution >= 0.6 is 0 Å². The quantitative estimate of drug-likeness (QED) is 0.781. The van der Waals surface area contributed by atoms with Crippen LogP contribution in [0.2, 0.25) is 0 Å². The van der Waals surface area contributed by atoms with Gasteiger partial charge in [-0.05, 0) is 19.8 Å². The van der Waals surface area contributed by atoms with Crippen molar-refractivity contribution in [3.05, 3.63) is 17.9 Å². The van der Waals surface area contributed by atoms with Crippen LogP contribution in [0.4, 0.5) is 0 Å². The van der Waals surface area contributed by atoms with Crippen LogP contribution < -0.4 is 0 Å². The van der Waals surface area contributed by atoms with E-state index in [4.69, 9.17) is 4.42 Å². The third-order valence-corrected chi connectivity index (χ3v) is 2.42. The second kappa shape index (κ2) is 2.67. The number of nitrogens with zero attached hydrogens (tertiary/aromatic N) is 3. The Morgan fingerprint density at radius 3 is 3.00 bits per heavy atom. The van der Waals surface area contributed by atoms with Gasteiger partial charge in [0.2, 0.25) is 5.82 Å². The van der Waals surface area contributed by atoms with Gasteiger partial charge in [-0.25, -0.2) is 9.97 Å². The third kappa shape index (κ3) is 1.13. The molecular formula is C9H10N4O. The molecule has 1 aliphatic rings. The zero-order chi connectivity index (χ0) is 9.54. The molecule has 0 atom stereocenters. The van der Waals surface area contributed by atoms with E-state index in [2.05, 4.69) is 20.2 Å². The highest BCUT2D eigenvalue weighted by atomic mass is 16.3. The molecule has 0 unspecified atom stereocenters. The Morgan fingerprint density at radius 1 is 1.50 bits per heavy atom. The fourth-order valence-electron chi connectivity index (χ4n) is 1.43. The van der Waals surface area contributed by atoms with Gasteiger partial charge >= 0.3 is 0 Å². The molecule has 72 valence electrons. The minimum absolute atomic E-state index is 0.583. The van der Waals surface area contributed by atoms with Crippen molar-refractivity contribution >= 4 is 0 Å². The Bertz CT molecular complexity index is 455. The maximum Gasteiger partial charge on any atom is 0.218 e. The van der Waals surface area contributed by atoms with Gasteiger partial charge < -0.3 is 4.42 Å². The molecular weight excluding hydrogens is 180 g/mol. The third-order valence-electron chi connectivity index (χ3n) is 2.42. The van der Waals surface area contributed by atoms with E-state index in [1.54, 1.807) is 0 Å². The van der Waals surface area contributed by atoms with E-state index in [0.29, 0.717) is 17.5 Å². The second-order valence-corrected chi connectivity index (χ2v) is 3.59. The van der Waals surface area contributed by atoms with Gasteiger partial charge in [-0.3, -0.25) is 5.10 Å². The lowest BCUT2D eigenvalue weighted by Crippen LogP contribution is -1.82. The SMILES string of the molecule is Cc1ncoc1-c1n[nH]c(C2CC2)n1. The average Bonchev–Trinajstić information content (AvgIpc) is 2.75. The molecule has 5 nitrogen and oxygen atoms in total. The number of rotatable bonds is 2. The van der Waals surface area contributed by atoms with Gasteiger partial charge in [0.05, 0.1) is 5.69 Å². The molecule has 1 aliphatic carbocycles. The van der Waals surface area contributed by atoms with E-state index < -0.39 is 0 Å². The molecule has 0 amide bonds. The Balaban J connectivity index is 1.99. The molecule has 2 heterocycles. The van der Waals surface area contributed by atoms with E-state index >= 15 is 0 Å². The molecule has 0 spiro atoms. The number of aryl methyl sites for hydroxylation is 1. The molecule has 0 aromatic carbocycles. The summed E-state index contributed by atoms with van der Waals surface area (Å²) in [6.07, 6.45) is 3.84. The molecule has 2 aromatic rings. The summed E-state index contributed by atoms with van der Waals surface area (Å²) in [6.45, 7) is 1.88. The van der Waals surface area contributed by atoms with Crippen molar-refractivity contribution in [2.45, 2.75) is 25.7 Å². The Hall–Kier alpha value is -1.65. The van der Waals surface area contributed by atoms with Gasteiger partial charge in [0.1, 0.15) is 5.82 Å². The number of aromatic nitrogens is 4. The van der Waals surface area contributed by atoms with Crippen LogP contribution in [0.15, 0.2) is 10.8 Å². The normalized spacial score (nSPS) is 16.1. The Kier molecular flexibility index (Phi) is 1.47. The molecule has 5 heteroatoms. The van der Waals surface area contributed by atoms with E-state index in [9.17, 15) is 0 Å². The van der Waals surface area contributed by atoms with E-state index in [-0.39, 0.29) is 0 Å². The van der Waals surface area contributed by atoms with Crippen LogP contribution in [0.1, 0.15) is 30.3 Å². The molecule has 0 aliphatic heterocycles. The smallest absolute Gasteiger partial charge is 0.218 e. The van der Waals surface area contributed by atoms with Gasteiger partial charge in [-0.2, -0.15) is 0 Å². The number of oxazole rings is 1. The number of hydrogen-bond donors (Lipinski definition) is 1. The van der Waals surface area contributed by atoms with E-state index in [0.717, 1.165) is 11.5 Å². The maximum atomic E-state index is 5.21. The van der Waals surface area contributed by atoms with E-state index in [1.807, 2.05) is 6.92 Å². The summed E-state index contributed by atoms with van der Waals surface area (Å²) < 4.78 is 5.21. The lowest BCUT2D eigenvalue weighted by molar-refractivity contribution is 0.567. The van der Waals surface area contributed by atoms with Crippen molar-refractivity contribution in [1.82, 2.24) is 20.2 Å². The first-order valence-corrected chi connectivity index (χ1v) is 4.67. The summed E-state index contributed by atoms with van der Waals surface area (Å²) in [6, 6.07) is 0. The van der Waals surface area contributed by atoms with Crippen LogP contribution in [0.3, 0.4) is 0 Å². The molecule has 3 rings (SSSR count). The van der Waals surface area contributed by atoms with Gasteiger partial charge in [0.15, 0.2) is 12.2 Å². The van der Waals surface area contributed by atoms with Crippen molar-refractivity contribution in [1.29, 1.82) is 0 Å². The molecule has 0 bridgehead atoms. The zero-order valence-electron chi connectivity index (χ0n) is 7.82. The summed E-state index contributed by atoms with van der Waals surface area (Å²) in [5.74, 6) is 2.82. The fourth-order valence-corrected chi connectivity index (χ4v) is 1.43. The first-order valence-electron chi connectivity index (χ1n) is 4.67. The second-order valence-electron chi connectivity index (χ2n) is 3.59. The fraction of sp³-hybridized carbons (Fsp3) is 0.444. The van der Waals surface area contributed by atoms with Gasteiger partial charge in [0.25, 0.3) is 0 Å². The monoisotopic (exact) mass is 190 g/mol. The minimum Gasteiger partial charge on any atom is -0.440 e. The maximum absolute atomic E-state index is 5.21. The van der Waals surface area contributed by atoms with Crippen molar-refractivity contribution in [2.75, 3.05) is 0 Å². The van der Waals surface area contributed by atoms with Gasteiger partial charge in [0, 0.05) is 5.92 Å². The van der Waals surface area contributed by atoms with Crippen molar-refractivity contribution in [2.24, 2.45) is 0 Å². The largest absolute Gasteiger partial charge is 0.440 e. The average molecular weight is 190 g/mol. The Labute approximate surface area is 80.6 Å². The molecule has 1 fully saturated rings. The standard InChI is InChI=1S/C9H10N4O/c1-5-7(14-4-10-5)9-11-8(12-13-9)6-2-3-6/h4,6H,2-3H2,1H3,(H,11,12,13). The summed E-state index contributed by atoms with van der Waals surface area (Å²) in [7, 11) is 0. The predicted octanol–water partition coefficient (Wildman–Crippen LogP) is 1.65. The molecule has 1 saturated carbocycles. The van der Waals surface area contributed by atoms with Gasteiger partial charge in [-0.15, -0.1) is 5.10 Å². The van der Waals surface area contributed by atoms with E-state index in [1.165, 1.54) is 19.2 Å². The van der Waals surface area contributed by atoms with Crippen molar-refractivity contribution < 1.29 is 4.42 Å². The zero-order valence-corrected chi connectivity index (χ0v) is 7.82. The topological polar surface area (TPSA) is 67.6 Å². The van der Waals surface area contributed by atoms with Crippen molar-refractivity contribution in [3.8, 4) is 11.6 Å². The first-order chi connectivity index (χ1) is 6.84. The van der Waals surface area contributed by atoms with Gasteiger partial charge in [-0.1, -0.05) is 0 Å². The van der Waals surface area contributed by atoms with Crippen LogP contribution in [-0.2, 0) is 0 Å². The highest BCUT2D eigenvalue weighted by molar-refractivity contribution is 5.48. The predicted molar refractivity (Wildman–Crippen MR) is 48.6 cm³/mol. The van der Waals surface area contributed by atoms with Crippen LogP contribution in [0.25, 0.3) is 11.6 Å². The minimum atomic E-state index is 0.583. The summed E-state index contributed by atoms with van der Waals surface area (Å²) in [5, 5.41) is 7.05. The molecule has 2 aromatic heterocycles. The van der Waals surface area contributed by atoms with Crippen LogP contribution in [0, 0.1) is 6.92 Å². The van der Waals surface area contributed by atoms with Crippen LogP contribution in [-0.4, -0.2) is 20.2 Å². The summed E-state index contributed by atoms with van der Waals surface area (Å²) >= 11 is 0. The highest BCUT2D eigenvalue weighted by Crippen LogP contribution is 2.38. The van der Waals surface area contributed by atoms with Crippen LogP contribution in [0.5, 0.6) is 0 Å². The number of aromatic amines is 1. The Morgan fingerprint density at radius 2 is 2.36 bits per heavy atom. The lowest BCUT2D eigenvalue weighted by atomic mass is 10.3. The summed E-state index contributed by atoms with van der Waals surface area (Å²) in [5.41, 5.74) is 0.825.